The summed E-state index contributed by atoms with van der Waals surface area (Å²) in [5, 5.41) is 2.90. The average Bonchev–Trinajstić information content (AvgIpc) is 3.22. The van der Waals surface area contributed by atoms with Gasteiger partial charge in [-0.2, -0.15) is 0 Å². The molecule has 120 valence electrons. The zero-order chi connectivity index (χ0) is 16.5. The summed E-state index contributed by atoms with van der Waals surface area (Å²) in [7, 11) is 0. The van der Waals surface area contributed by atoms with Crippen molar-refractivity contribution < 1.29 is 14.3 Å². The second kappa shape index (κ2) is 5.73. The molecular weight excluding hydrogens is 306 g/mol. The van der Waals surface area contributed by atoms with Crippen LogP contribution < -0.4 is 14.8 Å². The molecule has 2 heterocycles. The molecule has 0 fully saturated rings. The number of rotatable bonds is 3. The van der Waals surface area contributed by atoms with E-state index in [-0.39, 0.29) is 12.7 Å². The Hall–Kier alpha value is -3.28. The summed E-state index contributed by atoms with van der Waals surface area (Å²) in [6.07, 6.45) is 1.66. The monoisotopic (exact) mass is 321 g/mol. The number of anilines is 1. The highest BCUT2D eigenvalue weighted by Crippen LogP contribution is 2.32. The number of carbonyl (C=O) groups is 1. The molecule has 1 amide bonds. The number of benzene rings is 2. The van der Waals surface area contributed by atoms with Crippen molar-refractivity contribution >= 4 is 11.6 Å². The maximum Gasteiger partial charge on any atom is 0.255 e. The van der Waals surface area contributed by atoms with Gasteiger partial charge in [-0.05, 0) is 37.3 Å². The fraction of sp³-hybridized carbons (Fsp3) is 0.111. The second-order valence-corrected chi connectivity index (χ2v) is 5.48. The van der Waals surface area contributed by atoms with Crippen LogP contribution in [-0.4, -0.2) is 22.7 Å². The molecule has 0 unspecified atom stereocenters. The molecule has 1 aliphatic heterocycles. The number of hydrogen-bond donors (Lipinski definition) is 2. The molecular formula is C18H15N3O3. The lowest BCUT2D eigenvalue weighted by Crippen LogP contribution is -2.11. The minimum Gasteiger partial charge on any atom is -0.454 e. The van der Waals surface area contributed by atoms with Gasteiger partial charge in [-0.1, -0.05) is 12.1 Å². The normalized spacial score (nSPS) is 12.2. The topological polar surface area (TPSA) is 76.2 Å². The van der Waals surface area contributed by atoms with Crippen LogP contribution in [0.5, 0.6) is 11.5 Å². The number of aryl methyl sites for hydroxylation is 1. The van der Waals surface area contributed by atoms with Gasteiger partial charge in [0.05, 0.1) is 12.0 Å². The molecule has 0 aliphatic carbocycles. The van der Waals surface area contributed by atoms with E-state index in [1.165, 1.54) is 0 Å². The first-order valence-electron chi connectivity index (χ1n) is 7.52. The van der Waals surface area contributed by atoms with Crippen molar-refractivity contribution in [3.05, 3.63) is 60.0 Å². The molecule has 0 saturated heterocycles. The van der Waals surface area contributed by atoms with Crippen LogP contribution in [0, 0.1) is 6.92 Å². The predicted molar refractivity (Wildman–Crippen MR) is 89.3 cm³/mol. The van der Waals surface area contributed by atoms with Crippen molar-refractivity contribution in [2.45, 2.75) is 6.92 Å². The number of nitrogens with one attached hydrogen (secondary N) is 2. The van der Waals surface area contributed by atoms with Crippen LogP contribution >= 0.6 is 0 Å². The number of hydrogen-bond acceptors (Lipinski definition) is 4. The van der Waals surface area contributed by atoms with Crippen molar-refractivity contribution in [3.63, 3.8) is 0 Å². The third-order valence-electron chi connectivity index (χ3n) is 3.86. The van der Waals surface area contributed by atoms with Crippen LogP contribution in [0.2, 0.25) is 0 Å². The minimum atomic E-state index is -0.204. The Kier molecular flexibility index (Phi) is 3.42. The molecule has 3 aromatic rings. The molecule has 1 aromatic heterocycles. The van der Waals surface area contributed by atoms with Crippen molar-refractivity contribution in [2.24, 2.45) is 0 Å². The first-order valence-corrected chi connectivity index (χ1v) is 7.52. The minimum absolute atomic E-state index is 0.186. The zero-order valence-electron chi connectivity index (χ0n) is 13.0. The Morgan fingerprint density at radius 1 is 1.17 bits per heavy atom. The fourth-order valence-electron chi connectivity index (χ4n) is 2.64. The van der Waals surface area contributed by atoms with Crippen LogP contribution in [0.15, 0.2) is 48.8 Å². The van der Waals surface area contributed by atoms with Gasteiger partial charge < -0.3 is 19.8 Å². The number of aromatic amines is 1. The van der Waals surface area contributed by atoms with E-state index >= 15 is 0 Å². The van der Waals surface area contributed by atoms with E-state index in [2.05, 4.69) is 15.3 Å². The van der Waals surface area contributed by atoms with Gasteiger partial charge in [-0.15, -0.1) is 0 Å². The molecule has 6 heteroatoms. The number of aromatic nitrogens is 2. The van der Waals surface area contributed by atoms with Gasteiger partial charge in [0.25, 0.3) is 5.91 Å². The highest BCUT2D eigenvalue weighted by Gasteiger charge is 2.16. The van der Waals surface area contributed by atoms with Crippen molar-refractivity contribution in [1.29, 1.82) is 0 Å². The van der Waals surface area contributed by atoms with E-state index in [1.807, 2.05) is 31.2 Å². The quantitative estimate of drug-likeness (QED) is 0.775. The number of ether oxygens (including phenoxy) is 2. The Bertz CT molecular complexity index is 917. The summed E-state index contributed by atoms with van der Waals surface area (Å²) in [4.78, 5) is 19.8. The molecule has 4 rings (SSSR count). The Balaban J connectivity index is 1.57. The molecule has 0 atom stereocenters. The lowest BCUT2D eigenvalue weighted by atomic mass is 10.1. The number of nitrogens with zero attached hydrogens (tertiary/aromatic N) is 1. The van der Waals surface area contributed by atoms with Gasteiger partial charge in [0.15, 0.2) is 11.5 Å². The lowest BCUT2D eigenvalue weighted by molar-refractivity contribution is 0.102. The van der Waals surface area contributed by atoms with Gasteiger partial charge in [0.1, 0.15) is 0 Å². The number of imidazole rings is 1. The van der Waals surface area contributed by atoms with Crippen LogP contribution in [0.1, 0.15) is 16.1 Å². The van der Waals surface area contributed by atoms with Crippen molar-refractivity contribution in [3.8, 4) is 22.8 Å². The summed E-state index contributed by atoms with van der Waals surface area (Å²) in [5.74, 6) is 1.04. The number of H-pyrrole nitrogens is 1. The SMILES string of the molecule is Cc1[nH]cnc1-c1cccc(NC(=O)c2ccc3c(c2)OCO3)c1. The number of amides is 1. The molecule has 0 spiro atoms. The third-order valence-corrected chi connectivity index (χ3v) is 3.86. The van der Waals surface area contributed by atoms with E-state index in [1.54, 1.807) is 24.5 Å². The van der Waals surface area contributed by atoms with E-state index < -0.39 is 0 Å². The Morgan fingerprint density at radius 2 is 2.04 bits per heavy atom. The molecule has 1 aliphatic rings. The predicted octanol–water partition coefficient (Wildman–Crippen LogP) is 3.37. The lowest BCUT2D eigenvalue weighted by Gasteiger charge is -2.08. The zero-order valence-corrected chi connectivity index (χ0v) is 13.0. The van der Waals surface area contributed by atoms with E-state index in [0.717, 1.165) is 17.0 Å². The number of carbonyl (C=O) groups excluding carboxylic acids is 1. The summed E-state index contributed by atoms with van der Waals surface area (Å²) in [6.45, 7) is 2.14. The van der Waals surface area contributed by atoms with E-state index in [4.69, 9.17) is 9.47 Å². The number of fused-ring (bicyclic) bond motifs is 1. The molecule has 0 bridgehead atoms. The highest BCUT2D eigenvalue weighted by atomic mass is 16.7. The summed E-state index contributed by atoms with van der Waals surface area (Å²) in [5.41, 5.74) is 4.01. The van der Waals surface area contributed by atoms with E-state index in [0.29, 0.717) is 22.7 Å². The molecule has 6 nitrogen and oxygen atoms in total. The van der Waals surface area contributed by atoms with Crippen molar-refractivity contribution in [1.82, 2.24) is 9.97 Å². The maximum absolute atomic E-state index is 12.4. The van der Waals surface area contributed by atoms with Gasteiger partial charge in [-0.3, -0.25) is 4.79 Å². The standard InChI is InChI=1S/C18H15N3O3/c1-11-17(20-9-19-11)12-3-2-4-14(7-12)21-18(22)13-5-6-15-16(8-13)24-10-23-15/h2-9H,10H2,1H3,(H,19,20)(H,21,22). The first-order chi connectivity index (χ1) is 11.7. The van der Waals surface area contributed by atoms with Gasteiger partial charge in [-0.25, -0.2) is 4.98 Å². The molecule has 24 heavy (non-hydrogen) atoms. The molecule has 0 radical (unpaired) electrons. The summed E-state index contributed by atoms with van der Waals surface area (Å²) in [6, 6.07) is 12.7. The molecule has 2 N–H and O–H groups in total. The van der Waals surface area contributed by atoms with Gasteiger partial charge in [0, 0.05) is 22.5 Å². The van der Waals surface area contributed by atoms with Crippen LogP contribution in [-0.2, 0) is 0 Å². The highest BCUT2D eigenvalue weighted by molar-refractivity contribution is 6.05. The van der Waals surface area contributed by atoms with Crippen LogP contribution in [0.3, 0.4) is 0 Å². The summed E-state index contributed by atoms with van der Waals surface area (Å²) >= 11 is 0. The van der Waals surface area contributed by atoms with Crippen molar-refractivity contribution in [2.75, 3.05) is 12.1 Å². The second-order valence-electron chi connectivity index (χ2n) is 5.48. The molecule has 2 aromatic carbocycles. The summed E-state index contributed by atoms with van der Waals surface area (Å²) < 4.78 is 10.6. The van der Waals surface area contributed by atoms with Gasteiger partial charge in [0.2, 0.25) is 6.79 Å². The van der Waals surface area contributed by atoms with E-state index in [9.17, 15) is 4.79 Å². The largest absolute Gasteiger partial charge is 0.454 e. The van der Waals surface area contributed by atoms with Crippen LogP contribution in [0.4, 0.5) is 5.69 Å². The van der Waals surface area contributed by atoms with Gasteiger partial charge >= 0.3 is 0 Å². The average molecular weight is 321 g/mol. The smallest absolute Gasteiger partial charge is 0.255 e. The molecule has 0 saturated carbocycles. The Morgan fingerprint density at radius 3 is 2.88 bits per heavy atom. The third kappa shape index (κ3) is 2.58. The maximum atomic E-state index is 12.4. The van der Waals surface area contributed by atoms with Crippen LogP contribution in [0.25, 0.3) is 11.3 Å². The fourth-order valence-corrected chi connectivity index (χ4v) is 2.64. The Labute approximate surface area is 138 Å². The first kappa shape index (κ1) is 14.3.